The Labute approximate surface area is 113 Å². The summed E-state index contributed by atoms with van der Waals surface area (Å²) in [6, 6.07) is 6.28. The molecule has 1 aliphatic carbocycles. The van der Waals surface area contributed by atoms with E-state index in [2.05, 4.69) is 18.7 Å². The molecule has 0 amide bonds. The Morgan fingerprint density at radius 2 is 2.17 bits per heavy atom. The van der Waals surface area contributed by atoms with Gasteiger partial charge in [-0.2, -0.15) is 0 Å². The second-order valence-electron chi connectivity index (χ2n) is 5.36. The van der Waals surface area contributed by atoms with E-state index >= 15 is 0 Å². The SMILES string of the molecule is CC(C)CN(c1ccc(C(=N)N)cc1Cl)C1CC1. The summed E-state index contributed by atoms with van der Waals surface area (Å²) >= 11 is 6.33. The lowest BCUT2D eigenvalue weighted by Crippen LogP contribution is -2.30. The topological polar surface area (TPSA) is 53.1 Å². The molecular formula is C14H20ClN3. The van der Waals surface area contributed by atoms with Gasteiger partial charge in [-0.25, -0.2) is 0 Å². The number of anilines is 1. The molecule has 1 aliphatic rings. The van der Waals surface area contributed by atoms with Crippen LogP contribution in [0.25, 0.3) is 0 Å². The Morgan fingerprint density at radius 3 is 2.61 bits per heavy atom. The van der Waals surface area contributed by atoms with Gasteiger partial charge < -0.3 is 10.6 Å². The predicted molar refractivity (Wildman–Crippen MR) is 77.7 cm³/mol. The first kappa shape index (κ1) is 13.2. The van der Waals surface area contributed by atoms with Crippen molar-refractivity contribution >= 4 is 23.1 Å². The molecule has 0 radical (unpaired) electrons. The molecule has 0 bridgehead atoms. The summed E-state index contributed by atoms with van der Waals surface area (Å²) in [5.74, 6) is 0.666. The Balaban J connectivity index is 2.27. The maximum Gasteiger partial charge on any atom is 0.122 e. The van der Waals surface area contributed by atoms with Crippen LogP contribution in [0.3, 0.4) is 0 Å². The fourth-order valence-corrected chi connectivity index (χ4v) is 2.42. The average molecular weight is 266 g/mol. The number of hydrogen-bond donors (Lipinski definition) is 2. The minimum Gasteiger partial charge on any atom is -0.384 e. The smallest absolute Gasteiger partial charge is 0.122 e. The molecule has 0 heterocycles. The van der Waals surface area contributed by atoms with Crippen molar-refractivity contribution in [2.45, 2.75) is 32.7 Å². The van der Waals surface area contributed by atoms with Gasteiger partial charge >= 0.3 is 0 Å². The van der Waals surface area contributed by atoms with Crippen molar-refractivity contribution in [1.82, 2.24) is 0 Å². The van der Waals surface area contributed by atoms with Crippen molar-refractivity contribution in [3.8, 4) is 0 Å². The van der Waals surface area contributed by atoms with E-state index in [1.54, 1.807) is 6.07 Å². The van der Waals surface area contributed by atoms with Gasteiger partial charge in [0.25, 0.3) is 0 Å². The molecule has 4 heteroatoms. The molecule has 1 fully saturated rings. The molecule has 1 aromatic carbocycles. The van der Waals surface area contributed by atoms with Gasteiger partial charge in [0.05, 0.1) is 10.7 Å². The lowest BCUT2D eigenvalue weighted by Gasteiger charge is -2.27. The van der Waals surface area contributed by atoms with Crippen molar-refractivity contribution in [3.05, 3.63) is 28.8 Å². The molecular weight excluding hydrogens is 246 g/mol. The van der Waals surface area contributed by atoms with Crippen LogP contribution in [0.15, 0.2) is 18.2 Å². The van der Waals surface area contributed by atoms with Crippen LogP contribution in [-0.2, 0) is 0 Å². The Hall–Kier alpha value is -1.22. The van der Waals surface area contributed by atoms with E-state index in [9.17, 15) is 0 Å². The summed E-state index contributed by atoms with van der Waals surface area (Å²) in [5.41, 5.74) is 7.22. The normalized spacial score (nSPS) is 14.9. The Morgan fingerprint density at radius 1 is 1.50 bits per heavy atom. The summed E-state index contributed by atoms with van der Waals surface area (Å²) in [6.45, 7) is 5.45. The highest BCUT2D eigenvalue weighted by Gasteiger charge is 2.30. The molecule has 3 N–H and O–H groups in total. The van der Waals surface area contributed by atoms with Crippen LogP contribution in [0.5, 0.6) is 0 Å². The zero-order chi connectivity index (χ0) is 13.3. The summed E-state index contributed by atoms with van der Waals surface area (Å²) in [4.78, 5) is 2.39. The van der Waals surface area contributed by atoms with Gasteiger partial charge in [0.15, 0.2) is 0 Å². The van der Waals surface area contributed by atoms with Crippen LogP contribution in [0, 0.1) is 11.3 Å². The number of nitrogens with one attached hydrogen (secondary N) is 1. The van der Waals surface area contributed by atoms with Crippen molar-refractivity contribution in [3.63, 3.8) is 0 Å². The van der Waals surface area contributed by atoms with Gasteiger partial charge in [0, 0.05) is 18.2 Å². The highest BCUT2D eigenvalue weighted by Crippen LogP contribution is 2.36. The molecule has 0 spiro atoms. The summed E-state index contributed by atoms with van der Waals surface area (Å²) in [6.07, 6.45) is 2.50. The minimum atomic E-state index is 0.0604. The lowest BCUT2D eigenvalue weighted by molar-refractivity contribution is 0.607. The first-order chi connectivity index (χ1) is 8.49. The third-order valence-corrected chi connectivity index (χ3v) is 3.42. The zero-order valence-electron chi connectivity index (χ0n) is 10.9. The third-order valence-electron chi connectivity index (χ3n) is 3.12. The molecule has 1 saturated carbocycles. The van der Waals surface area contributed by atoms with Gasteiger partial charge in [-0.1, -0.05) is 25.4 Å². The predicted octanol–water partition coefficient (Wildman–Crippen LogP) is 3.25. The molecule has 0 atom stereocenters. The summed E-state index contributed by atoms with van der Waals surface area (Å²) in [7, 11) is 0. The van der Waals surface area contributed by atoms with Gasteiger partial charge in [-0.05, 0) is 37.0 Å². The number of hydrogen-bond acceptors (Lipinski definition) is 2. The largest absolute Gasteiger partial charge is 0.384 e. The molecule has 0 saturated heterocycles. The Bertz CT molecular complexity index is 452. The molecule has 3 nitrogen and oxygen atoms in total. The van der Waals surface area contributed by atoms with Crippen LogP contribution in [0.4, 0.5) is 5.69 Å². The zero-order valence-corrected chi connectivity index (χ0v) is 11.7. The average Bonchev–Trinajstić information content (AvgIpc) is 3.09. The number of halogens is 1. The lowest BCUT2D eigenvalue weighted by atomic mass is 10.1. The van der Waals surface area contributed by atoms with Gasteiger partial charge in [0.2, 0.25) is 0 Å². The number of benzene rings is 1. The first-order valence-corrected chi connectivity index (χ1v) is 6.77. The Kier molecular flexibility index (Phi) is 3.81. The first-order valence-electron chi connectivity index (χ1n) is 6.39. The van der Waals surface area contributed by atoms with E-state index in [1.165, 1.54) is 12.8 Å². The maximum absolute atomic E-state index is 7.43. The van der Waals surface area contributed by atoms with Gasteiger partial charge in [-0.3, -0.25) is 5.41 Å². The quantitative estimate of drug-likeness (QED) is 0.634. The maximum atomic E-state index is 7.43. The van der Waals surface area contributed by atoms with Crippen LogP contribution in [0.1, 0.15) is 32.3 Å². The third kappa shape index (κ3) is 2.96. The molecule has 2 rings (SSSR count). The molecule has 0 unspecified atom stereocenters. The summed E-state index contributed by atoms with van der Waals surface area (Å²) in [5, 5.41) is 8.12. The number of nitrogens with zero attached hydrogens (tertiary/aromatic N) is 1. The second-order valence-corrected chi connectivity index (χ2v) is 5.76. The van der Waals surface area contributed by atoms with Crippen LogP contribution in [0.2, 0.25) is 5.02 Å². The summed E-state index contributed by atoms with van der Waals surface area (Å²) < 4.78 is 0. The van der Waals surface area contributed by atoms with E-state index in [0.717, 1.165) is 12.2 Å². The fraction of sp³-hybridized carbons (Fsp3) is 0.500. The van der Waals surface area contributed by atoms with E-state index in [4.69, 9.17) is 22.7 Å². The molecule has 1 aromatic rings. The molecule has 0 aliphatic heterocycles. The van der Waals surface area contributed by atoms with Crippen LogP contribution >= 0.6 is 11.6 Å². The van der Waals surface area contributed by atoms with Crippen molar-refractivity contribution in [1.29, 1.82) is 5.41 Å². The molecule has 98 valence electrons. The van der Waals surface area contributed by atoms with Crippen LogP contribution < -0.4 is 10.6 Å². The highest BCUT2D eigenvalue weighted by molar-refractivity contribution is 6.33. The van der Waals surface area contributed by atoms with E-state index in [1.807, 2.05) is 12.1 Å². The van der Waals surface area contributed by atoms with Gasteiger partial charge in [0.1, 0.15) is 5.84 Å². The number of amidine groups is 1. The van der Waals surface area contributed by atoms with E-state index < -0.39 is 0 Å². The number of rotatable bonds is 5. The molecule has 18 heavy (non-hydrogen) atoms. The standard InChI is InChI=1S/C14H20ClN3/c1-9(2)8-18(11-4-5-11)13-6-3-10(14(16)17)7-12(13)15/h3,6-7,9,11H,4-5,8H2,1-2H3,(H3,16,17). The molecule has 0 aromatic heterocycles. The fourth-order valence-electron chi connectivity index (χ4n) is 2.13. The second kappa shape index (κ2) is 5.19. The van der Waals surface area contributed by atoms with E-state index in [0.29, 0.717) is 22.5 Å². The minimum absolute atomic E-state index is 0.0604. The highest BCUT2D eigenvalue weighted by atomic mass is 35.5. The van der Waals surface area contributed by atoms with Gasteiger partial charge in [-0.15, -0.1) is 0 Å². The number of nitrogens with two attached hydrogens (primary N) is 1. The van der Waals surface area contributed by atoms with Crippen LogP contribution in [-0.4, -0.2) is 18.4 Å². The van der Waals surface area contributed by atoms with Crippen molar-refractivity contribution < 1.29 is 0 Å². The van der Waals surface area contributed by atoms with Crippen molar-refractivity contribution in [2.75, 3.05) is 11.4 Å². The number of nitrogen functional groups attached to an aromatic ring is 1. The van der Waals surface area contributed by atoms with Crippen molar-refractivity contribution in [2.24, 2.45) is 11.7 Å². The van der Waals surface area contributed by atoms with E-state index in [-0.39, 0.29) is 5.84 Å². The monoisotopic (exact) mass is 265 g/mol.